The van der Waals surface area contributed by atoms with Crippen molar-refractivity contribution in [1.82, 2.24) is 36.0 Å². The molecule has 29 heavy (non-hydrogen) atoms. The molecule has 0 aliphatic carbocycles. The van der Waals surface area contributed by atoms with E-state index in [1.54, 1.807) is 21.9 Å². The summed E-state index contributed by atoms with van der Waals surface area (Å²) in [6, 6.07) is 4.06. The van der Waals surface area contributed by atoms with Crippen molar-refractivity contribution in [2.75, 3.05) is 26.2 Å². The predicted molar refractivity (Wildman–Crippen MR) is 111 cm³/mol. The molecule has 2 aliphatic heterocycles. The van der Waals surface area contributed by atoms with Crippen LogP contribution in [0.2, 0.25) is 0 Å². The van der Waals surface area contributed by atoms with Gasteiger partial charge in [-0.2, -0.15) is 5.10 Å². The number of hydrogen-bond acceptors (Lipinski definition) is 7. The predicted octanol–water partition coefficient (Wildman–Crippen LogP) is 1.09. The minimum atomic E-state index is -0.260. The van der Waals surface area contributed by atoms with Crippen molar-refractivity contribution in [2.24, 2.45) is 7.05 Å². The van der Waals surface area contributed by atoms with E-state index in [9.17, 15) is 4.79 Å². The van der Waals surface area contributed by atoms with Crippen LogP contribution >= 0.6 is 0 Å². The number of nitrogens with zero attached hydrogens (tertiary/aromatic N) is 4. The zero-order chi connectivity index (χ0) is 20.4. The Bertz CT molecular complexity index is 965. The van der Waals surface area contributed by atoms with Gasteiger partial charge in [-0.1, -0.05) is 0 Å². The molecule has 154 valence electrons. The largest absolute Gasteiger partial charge is 0.493 e. The first-order chi connectivity index (χ1) is 14.0. The van der Waals surface area contributed by atoms with Crippen LogP contribution in [-0.4, -0.2) is 58.0 Å². The highest BCUT2D eigenvalue weighted by Crippen LogP contribution is 2.25. The van der Waals surface area contributed by atoms with E-state index >= 15 is 0 Å². The second-order valence-corrected chi connectivity index (χ2v) is 7.27. The molecule has 1 aromatic heterocycles. The second-order valence-electron chi connectivity index (χ2n) is 7.27. The molecular weight excluding hydrogens is 370 g/mol. The summed E-state index contributed by atoms with van der Waals surface area (Å²) in [5.74, 6) is 0.257. The van der Waals surface area contributed by atoms with Crippen LogP contribution in [0, 0.1) is 0 Å². The molecule has 1 amide bonds. The number of aryl methyl sites for hydroxylation is 1. The maximum Gasteiger partial charge on any atom is 0.275 e. The van der Waals surface area contributed by atoms with Crippen LogP contribution in [0.1, 0.15) is 24.2 Å². The lowest BCUT2D eigenvalue weighted by Gasteiger charge is -2.36. The third-order valence-electron chi connectivity index (χ3n) is 4.97. The molecule has 1 saturated heterocycles. The first kappa shape index (κ1) is 19.1. The number of carbonyl (C=O) groups excluding carboxylic acids is 1. The molecule has 0 bridgehead atoms. The molecular formula is C20H27N7O2. The number of nitrogens with one attached hydrogen (secondary N) is 3. The number of hydrazine groups is 2. The van der Waals surface area contributed by atoms with E-state index in [4.69, 9.17) is 4.74 Å². The summed E-state index contributed by atoms with van der Waals surface area (Å²) in [5, 5.41) is 10.2. The highest BCUT2D eigenvalue weighted by Gasteiger charge is 2.20. The minimum absolute atomic E-state index is 0.260. The van der Waals surface area contributed by atoms with Crippen molar-refractivity contribution in [2.45, 2.75) is 19.9 Å². The summed E-state index contributed by atoms with van der Waals surface area (Å²) in [7, 11) is 1.85. The zero-order valence-electron chi connectivity index (χ0n) is 17.0. The fraction of sp³-hybridized carbons (Fsp3) is 0.400. The van der Waals surface area contributed by atoms with Crippen molar-refractivity contribution < 1.29 is 9.53 Å². The molecule has 1 atom stereocenters. The first-order valence-electron chi connectivity index (χ1n) is 9.87. The number of ether oxygens (including phenoxy) is 1. The van der Waals surface area contributed by atoms with Gasteiger partial charge in [-0.3, -0.25) is 14.9 Å². The Morgan fingerprint density at radius 1 is 1.41 bits per heavy atom. The molecule has 0 spiro atoms. The van der Waals surface area contributed by atoms with Gasteiger partial charge in [-0.05, 0) is 26.0 Å². The molecule has 0 radical (unpaired) electrons. The van der Waals surface area contributed by atoms with Crippen LogP contribution in [0.15, 0.2) is 42.5 Å². The number of allylic oxidation sites excluding steroid dienone is 1. The van der Waals surface area contributed by atoms with Gasteiger partial charge in [0.1, 0.15) is 5.75 Å². The number of amides is 1. The molecule has 9 heteroatoms. The van der Waals surface area contributed by atoms with Gasteiger partial charge in [0.2, 0.25) is 0 Å². The Balaban J connectivity index is 1.46. The van der Waals surface area contributed by atoms with E-state index in [1.165, 1.54) is 0 Å². The monoisotopic (exact) mass is 397 g/mol. The van der Waals surface area contributed by atoms with Crippen molar-refractivity contribution in [1.29, 1.82) is 0 Å². The van der Waals surface area contributed by atoms with Crippen LogP contribution < -0.4 is 20.9 Å². The molecule has 0 saturated carbocycles. The molecule has 3 N–H and O–H groups in total. The molecule has 9 nitrogen and oxygen atoms in total. The zero-order valence-corrected chi connectivity index (χ0v) is 17.0. The molecule has 0 unspecified atom stereocenters. The standard InChI is InChI=1S/C20H27N7O2/c1-4-29-19-10-18-15(13-25(3)23-18)9-17(19)20(28)24-27-7-5-16(11-22-27)26-8-6-21-14(2)12-26/h5,7,9-11,13-14,21-22H,4,6,8,12H2,1-3H3,(H,24,28)/t14-/m0/s1. The number of piperazine rings is 1. The molecule has 2 aliphatic rings. The van der Waals surface area contributed by atoms with E-state index in [-0.39, 0.29) is 5.91 Å². The molecule has 2 aromatic rings. The van der Waals surface area contributed by atoms with Gasteiger partial charge >= 0.3 is 0 Å². The van der Waals surface area contributed by atoms with Crippen LogP contribution in [0.25, 0.3) is 10.9 Å². The third kappa shape index (κ3) is 4.14. The van der Waals surface area contributed by atoms with E-state index in [2.05, 4.69) is 33.1 Å². The maximum absolute atomic E-state index is 12.9. The molecule has 3 heterocycles. The first-order valence-corrected chi connectivity index (χ1v) is 9.87. The average molecular weight is 397 g/mol. The van der Waals surface area contributed by atoms with Crippen LogP contribution in [-0.2, 0) is 7.05 Å². The maximum atomic E-state index is 12.9. The highest BCUT2D eigenvalue weighted by atomic mass is 16.5. The number of benzene rings is 1. The van der Waals surface area contributed by atoms with Crippen molar-refractivity contribution in [3.63, 3.8) is 0 Å². The fourth-order valence-electron chi connectivity index (χ4n) is 3.61. The summed E-state index contributed by atoms with van der Waals surface area (Å²) in [4.78, 5) is 15.2. The van der Waals surface area contributed by atoms with Gasteiger partial charge in [0, 0.05) is 62.8 Å². The fourth-order valence-corrected chi connectivity index (χ4v) is 3.61. The lowest BCUT2D eigenvalue weighted by Crippen LogP contribution is -2.50. The highest BCUT2D eigenvalue weighted by molar-refractivity contribution is 6.00. The van der Waals surface area contributed by atoms with E-state index in [0.29, 0.717) is 24.0 Å². The minimum Gasteiger partial charge on any atom is -0.493 e. The number of carbonyl (C=O) groups is 1. The SMILES string of the molecule is CCOc1cc2nn(C)cc2cc1C(=O)NN1C=CC(N2CCN[C@@H](C)C2)=CN1. The van der Waals surface area contributed by atoms with Crippen molar-refractivity contribution in [3.8, 4) is 5.75 Å². The Morgan fingerprint density at radius 2 is 2.28 bits per heavy atom. The van der Waals surface area contributed by atoms with Crippen LogP contribution in [0.3, 0.4) is 0 Å². The van der Waals surface area contributed by atoms with E-state index < -0.39 is 0 Å². The topological polar surface area (TPSA) is 86.7 Å². The summed E-state index contributed by atoms with van der Waals surface area (Å²) in [5.41, 5.74) is 8.31. The Hall–Kier alpha value is -3.20. The summed E-state index contributed by atoms with van der Waals surface area (Å²) < 4.78 is 7.40. The number of aromatic nitrogens is 2. The normalized spacial score (nSPS) is 19.1. The quantitative estimate of drug-likeness (QED) is 0.696. The molecule has 1 fully saturated rings. The average Bonchev–Trinajstić information content (AvgIpc) is 3.07. The lowest BCUT2D eigenvalue weighted by molar-refractivity contribution is 0.0806. The van der Waals surface area contributed by atoms with Gasteiger partial charge in [0.15, 0.2) is 0 Å². The van der Waals surface area contributed by atoms with E-state index in [0.717, 1.165) is 36.2 Å². The van der Waals surface area contributed by atoms with Gasteiger partial charge < -0.3 is 15.0 Å². The van der Waals surface area contributed by atoms with Gasteiger partial charge in [0.25, 0.3) is 5.91 Å². The summed E-state index contributed by atoms with van der Waals surface area (Å²) >= 11 is 0. The Labute approximate surface area is 169 Å². The summed E-state index contributed by atoms with van der Waals surface area (Å²) in [6.45, 7) is 7.40. The van der Waals surface area contributed by atoms with E-state index in [1.807, 2.05) is 38.6 Å². The van der Waals surface area contributed by atoms with Crippen molar-refractivity contribution in [3.05, 3.63) is 48.1 Å². The second kappa shape index (κ2) is 8.04. The van der Waals surface area contributed by atoms with Gasteiger partial charge in [-0.25, -0.2) is 10.5 Å². The van der Waals surface area contributed by atoms with Gasteiger partial charge in [0.05, 0.1) is 23.4 Å². The van der Waals surface area contributed by atoms with Gasteiger partial charge in [-0.15, -0.1) is 0 Å². The number of fused-ring (bicyclic) bond motifs is 1. The van der Waals surface area contributed by atoms with Crippen LogP contribution in [0.4, 0.5) is 0 Å². The van der Waals surface area contributed by atoms with Crippen LogP contribution in [0.5, 0.6) is 5.75 Å². The summed E-state index contributed by atoms with van der Waals surface area (Å²) in [6.07, 6.45) is 7.57. The molecule has 1 aromatic carbocycles. The lowest BCUT2D eigenvalue weighted by atomic mass is 10.1. The van der Waals surface area contributed by atoms with Crippen molar-refractivity contribution >= 4 is 16.8 Å². The number of hydrogen-bond donors (Lipinski definition) is 3. The Morgan fingerprint density at radius 3 is 3.00 bits per heavy atom. The number of rotatable bonds is 5. The Kier molecular flexibility index (Phi) is 5.30. The molecule has 4 rings (SSSR count). The third-order valence-corrected chi connectivity index (χ3v) is 4.97. The smallest absolute Gasteiger partial charge is 0.275 e.